The minimum Gasteiger partial charge on any atom is -0.479 e. The summed E-state index contributed by atoms with van der Waals surface area (Å²) in [4.78, 5) is 26.8. The van der Waals surface area contributed by atoms with Crippen molar-refractivity contribution in [2.75, 3.05) is 10.2 Å². The minimum absolute atomic E-state index is 0.161. The zero-order chi connectivity index (χ0) is 20.5. The molecule has 2 amide bonds. The third kappa shape index (κ3) is 4.16. The molecule has 0 spiro atoms. The second-order valence-electron chi connectivity index (χ2n) is 6.55. The largest absolute Gasteiger partial charge is 0.479 e. The Morgan fingerprint density at radius 3 is 2.62 bits per heavy atom. The van der Waals surface area contributed by atoms with E-state index in [9.17, 15) is 9.59 Å². The Labute approximate surface area is 180 Å². The predicted octanol–water partition coefficient (Wildman–Crippen LogP) is 5.26. The Hall–Kier alpha value is -2.77. The minimum atomic E-state index is -0.601. The molecule has 0 saturated carbocycles. The number of fused-ring (bicyclic) bond motifs is 1. The fraction of sp³-hybridized carbons (Fsp3) is 0.143. The van der Waals surface area contributed by atoms with Crippen molar-refractivity contribution in [1.82, 2.24) is 0 Å². The van der Waals surface area contributed by atoms with Gasteiger partial charge in [0.05, 0.1) is 12.2 Å². The highest BCUT2D eigenvalue weighted by molar-refractivity contribution is 9.10. The Kier molecular flexibility index (Phi) is 5.34. The number of furan rings is 1. The van der Waals surface area contributed by atoms with E-state index in [1.807, 2.05) is 12.1 Å². The highest BCUT2D eigenvalue weighted by Gasteiger charge is 2.32. The third-order valence-corrected chi connectivity index (χ3v) is 5.15. The van der Waals surface area contributed by atoms with Crippen molar-refractivity contribution >= 4 is 50.7 Å². The molecule has 0 aliphatic carbocycles. The summed E-state index contributed by atoms with van der Waals surface area (Å²) in [6, 6.07) is 15.7. The maximum absolute atomic E-state index is 12.8. The van der Waals surface area contributed by atoms with Gasteiger partial charge in [0.1, 0.15) is 5.75 Å². The average molecular weight is 476 g/mol. The van der Waals surface area contributed by atoms with Gasteiger partial charge in [-0.05, 0) is 70.9 Å². The summed E-state index contributed by atoms with van der Waals surface area (Å²) in [7, 11) is 0. The number of hydrogen-bond donors (Lipinski definition) is 1. The Balaban J connectivity index is 1.63. The van der Waals surface area contributed by atoms with Gasteiger partial charge in [-0.3, -0.25) is 9.59 Å². The topological polar surface area (TPSA) is 71.8 Å². The van der Waals surface area contributed by atoms with Gasteiger partial charge >= 0.3 is 0 Å². The summed E-state index contributed by atoms with van der Waals surface area (Å²) in [6.45, 7) is 2.07. The number of rotatable bonds is 4. The first-order chi connectivity index (χ1) is 13.9. The summed E-state index contributed by atoms with van der Waals surface area (Å²) in [5, 5.41) is 3.41. The molecule has 1 aliphatic heterocycles. The molecule has 2 aromatic carbocycles. The van der Waals surface area contributed by atoms with E-state index in [2.05, 4.69) is 21.2 Å². The first-order valence-corrected chi connectivity index (χ1v) is 10.0. The molecular formula is C21H16BrClN2O4. The van der Waals surface area contributed by atoms with Gasteiger partial charge in [-0.1, -0.05) is 23.7 Å². The molecule has 29 heavy (non-hydrogen) atoms. The molecule has 8 heteroatoms. The zero-order valence-corrected chi connectivity index (χ0v) is 17.7. The molecule has 0 bridgehead atoms. The van der Waals surface area contributed by atoms with E-state index in [1.54, 1.807) is 54.3 Å². The van der Waals surface area contributed by atoms with Crippen LogP contribution in [0.1, 0.15) is 23.0 Å². The molecular weight excluding hydrogens is 460 g/mol. The maximum Gasteiger partial charge on any atom is 0.291 e. The van der Waals surface area contributed by atoms with Gasteiger partial charge in [0.15, 0.2) is 16.5 Å². The van der Waals surface area contributed by atoms with Crippen LogP contribution in [0.25, 0.3) is 0 Å². The molecule has 3 aromatic rings. The lowest BCUT2D eigenvalue weighted by atomic mass is 10.1. The van der Waals surface area contributed by atoms with E-state index in [-0.39, 0.29) is 11.7 Å². The highest BCUT2D eigenvalue weighted by Crippen LogP contribution is 2.37. The first kappa shape index (κ1) is 19.5. The number of nitrogens with zero attached hydrogens (tertiary/aromatic N) is 1. The van der Waals surface area contributed by atoms with Crippen LogP contribution in [-0.4, -0.2) is 17.9 Å². The van der Waals surface area contributed by atoms with E-state index in [1.165, 1.54) is 0 Å². The van der Waals surface area contributed by atoms with Gasteiger partial charge in [0, 0.05) is 10.7 Å². The Morgan fingerprint density at radius 1 is 1.17 bits per heavy atom. The van der Waals surface area contributed by atoms with Crippen molar-refractivity contribution < 1.29 is 18.7 Å². The monoisotopic (exact) mass is 474 g/mol. The van der Waals surface area contributed by atoms with Crippen LogP contribution in [0.15, 0.2) is 63.7 Å². The van der Waals surface area contributed by atoms with Crippen LogP contribution in [0.3, 0.4) is 0 Å². The van der Waals surface area contributed by atoms with E-state index in [0.717, 1.165) is 5.56 Å². The fourth-order valence-electron chi connectivity index (χ4n) is 3.05. The summed E-state index contributed by atoms with van der Waals surface area (Å²) < 4.78 is 11.5. The number of anilines is 2. The van der Waals surface area contributed by atoms with Crippen LogP contribution in [0.4, 0.5) is 11.4 Å². The van der Waals surface area contributed by atoms with E-state index in [0.29, 0.717) is 33.4 Å². The molecule has 0 radical (unpaired) electrons. The van der Waals surface area contributed by atoms with Crippen LogP contribution in [-0.2, 0) is 11.3 Å². The number of carbonyl (C=O) groups excluding carboxylic acids is 2. The molecule has 0 saturated heterocycles. The number of hydrogen-bond acceptors (Lipinski definition) is 4. The predicted molar refractivity (Wildman–Crippen MR) is 114 cm³/mol. The van der Waals surface area contributed by atoms with Crippen molar-refractivity contribution in [3.05, 3.63) is 75.6 Å². The standard InChI is InChI=1S/C21H16BrClN2O4/c1-12-21(27)25(11-13-2-4-14(23)5-3-13)16-10-15(6-7-17(16)28-12)24-20(26)18-8-9-19(22)29-18/h2-10,12H,11H2,1H3,(H,24,26). The molecule has 6 nitrogen and oxygen atoms in total. The second-order valence-corrected chi connectivity index (χ2v) is 7.77. The molecule has 1 unspecified atom stereocenters. The number of amides is 2. The van der Waals surface area contributed by atoms with E-state index >= 15 is 0 Å². The van der Waals surface area contributed by atoms with E-state index < -0.39 is 12.0 Å². The molecule has 1 atom stereocenters. The maximum atomic E-state index is 12.8. The van der Waals surface area contributed by atoms with Gasteiger partial charge in [0.25, 0.3) is 11.8 Å². The summed E-state index contributed by atoms with van der Waals surface area (Å²) in [6.07, 6.45) is -0.601. The molecule has 1 N–H and O–H groups in total. The first-order valence-electron chi connectivity index (χ1n) is 8.84. The number of halogens is 2. The number of ether oxygens (including phenoxy) is 1. The molecule has 1 aromatic heterocycles. The number of nitrogens with one attached hydrogen (secondary N) is 1. The van der Waals surface area contributed by atoms with Crippen LogP contribution in [0.5, 0.6) is 5.75 Å². The lowest BCUT2D eigenvalue weighted by Gasteiger charge is -2.33. The molecule has 148 valence electrons. The highest BCUT2D eigenvalue weighted by atomic mass is 79.9. The summed E-state index contributed by atoms with van der Waals surface area (Å²) in [5.41, 5.74) is 2.03. The zero-order valence-electron chi connectivity index (χ0n) is 15.3. The van der Waals surface area contributed by atoms with Gasteiger partial charge in [-0.2, -0.15) is 0 Å². The second kappa shape index (κ2) is 7.93. The average Bonchev–Trinajstić information content (AvgIpc) is 3.14. The van der Waals surface area contributed by atoms with Gasteiger partial charge < -0.3 is 19.4 Å². The van der Waals surface area contributed by atoms with Gasteiger partial charge in [-0.15, -0.1) is 0 Å². The molecule has 1 aliphatic rings. The fourth-order valence-corrected chi connectivity index (χ4v) is 3.48. The number of carbonyl (C=O) groups is 2. The normalized spacial score (nSPS) is 15.6. The third-order valence-electron chi connectivity index (χ3n) is 4.48. The van der Waals surface area contributed by atoms with Gasteiger partial charge in [-0.25, -0.2) is 0 Å². The SMILES string of the molecule is CC1Oc2ccc(NC(=O)c3ccc(Br)o3)cc2N(Cc2ccc(Cl)cc2)C1=O. The number of benzene rings is 2. The molecule has 0 fully saturated rings. The van der Waals surface area contributed by atoms with Crippen LogP contribution in [0, 0.1) is 0 Å². The van der Waals surface area contributed by atoms with E-state index in [4.69, 9.17) is 20.8 Å². The summed E-state index contributed by atoms with van der Waals surface area (Å²) >= 11 is 9.13. The Morgan fingerprint density at radius 2 is 1.93 bits per heavy atom. The lowest BCUT2D eigenvalue weighted by Crippen LogP contribution is -2.44. The molecule has 4 rings (SSSR count). The van der Waals surface area contributed by atoms with Crippen molar-refractivity contribution in [2.45, 2.75) is 19.6 Å². The van der Waals surface area contributed by atoms with Gasteiger partial charge in [0.2, 0.25) is 0 Å². The van der Waals surface area contributed by atoms with Crippen molar-refractivity contribution in [3.63, 3.8) is 0 Å². The summed E-state index contributed by atoms with van der Waals surface area (Å²) in [5.74, 6) is 0.195. The smallest absolute Gasteiger partial charge is 0.291 e. The Bertz CT molecular complexity index is 1080. The van der Waals surface area contributed by atoms with Crippen LogP contribution >= 0.6 is 27.5 Å². The van der Waals surface area contributed by atoms with Crippen LogP contribution < -0.4 is 15.0 Å². The van der Waals surface area contributed by atoms with Crippen molar-refractivity contribution in [2.24, 2.45) is 0 Å². The van der Waals surface area contributed by atoms with Crippen molar-refractivity contribution in [1.29, 1.82) is 0 Å². The molecule has 2 heterocycles. The van der Waals surface area contributed by atoms with Crippen molar-refractivity contribution in [3.8, 4) is 5.75 Å². The lowest BCUT2D eigenvalue weighted by molar-refractivity contribution is -0.125. The quantitative estimate of drug-likeness (QED) is 0.558. The van der Waals surface area contributed by atoms with Crippen LogP contribution in [0.2, 0.25) is 5.02 Å².